The molecule has 3 rings (SSSR count). The summed E-state index contributed by atoms with van der Waals surface area (Å²) < 4.78 is 0. The van der Waals surface area contributed by atoms with Crippen molar-refractivity contribution in [2.24, 2.45) is 0 Å². The normalized spacial score (nSPS) is 11.2. The van der Waals surface area contributed by atoms with E-state index in [0.29, 0.717) is 0 Å². The van der Waals surface area contributed by atoms with Gasteiger partial charge >= 0.3 is 0 Å². The minimum Gasteiger partial charge on any atom is -0.261 e. The number of fused-ring (bicyclic) bond motifs is 2. The van der Waals surface area contributed by atoms with Crippen molar-refractivity contribution in [2.45, 2.75) is 20.8 Å². The smallest absolute Gasteiger partial charge is 0.0379 e. The molecule has 84 valence electrons. The highest BCUT2D eigenvalue weighted by molar-refractivity contribution is 5.99. The fourth-order valence-electron chi connectivity index (χ4n) is 2.49. The maximum absolute atomic E-state index is 4.36. The minimum atomic E-state index is 1.07. The predicted molar refractivity (Wildman–Crippen MR) is 73.5 cm³/mol. The van der Waals surface area contributed by atoms with E-state index < -0.39 is 0 Å². The first kappa shape index (κ1) is 10.3. The molecule has 3 aromatic rings. The minimum absolute atomic E-state index is 1.07. The van der Waals surface area contributed by atoms with E-state index in [-0.39, 0.29) is 0 Å². The average Bonchev–Trinajstić information content (AvgIpc) is 2.26. The van der Waals surface area contributed by atoms with E-state index in [2.05, 4.69) is 49.2 Å². The van der Waals surface area contributed by atoms with Crippen molar-refractivity contribution in [1.29, 1.82) is 0 Å². The number of hydrogen-bond acceptors (Lipinski definition) is 1. The van der Waals surface area contributed by atoms with Crippen LogP contribution in [0.15, 0.2) is 36.5 Å². The van der Waals surface area contributed by atoms with Crippen LogP contribution in [0.5, 0.6) is 0 Å². The van der Waals surface area contributed by atoms with Crippen molar-refractivity contribution in [3.05, 3.63) is 53.3 Å². The zero-order chi connectivity index (χ0) is 12.0. The van der Waals surface area contributed by atoms with Crippen LogP contribution in [0.1, 0.15) is 16.8 Å². The van der Waals surface area contributed by atoms with E-state index in [4.69, 9.17) is 0 Å². The van der Waals surface area contributed by atoms with Crippen LogP contribution in [0.25, 0.3) is 21.5 Å². The molecule has 0 amide bonds. The summed E-state index contributed by atoms with van der Waals surface area (Å²) in [6, 6.07) is 11.1. The first-order valence-corrected chi connectivity index (χ1v) is 5.91. The first-order chi connectivity index (χ1) is 8.13. The molecule has 0 fully saturated rings. The molecule has 0 aliphatic carbocycles. The molecule has 17 heavy (non-hydrogen) atoms. The quantitative estimate of drug-likeness (QED) is 0.515. The summed E-state index contributed by atoms with van der Waals surface area (Å²) in [5, 5.41) is 5.14. The van der Waals surface area contributed by atoms with Gasteiger partial charge in [-0.25, -0.2) is 0 Å². The molecule has 0 radical (unpaired) electrons. The molecule has 0 saturated carbocycles. The fraction of sp³-hybridized carbons (Fsp3) is 0.188. The van der Waals surface area contributed by atoms with E-state index in [9.17, 15) is 0 Å². The van der Waals surface area contributed by atoms with Crippen molar-refractivity contribution < 1.29 is 0 Å². The zero-order valence-corrected chi connectivity index (χ0v) is 10.4. The highest BCUT2D eigenvalue weighted by atomic mass is 14.6. The lowest BCUT2D eigenvalue weighted by molar-refractivity contribution is 1.23. The molecule has 0 saturated heterocycles. The molecule has 1 aromatic heterocycles. The summed E-state index contributed by atoms with van der Waals surface area (Å²) in [4.78, 5) is 4.36. The van der Waals surface area contributed by atoms with Crippen LogP contribution in [0.4, 0.5) is 0 Å². The van der Waals surface area contributed by atoms with Crippen LogP contribution >= 0.6 is 0 Å². The van der Waals surface area contributed by atoms with Crippen molar-refractivity contribution in [3.63, 3.8) is 0 Å². The first-order valence-electron chi connectivity index (χ1n) is 5.91. The second kappa shape index (κ2) is 3.56. The van der Waals surface area contributed by atoms with Gasteiger partial charge in [0.25, 0.3) is 0 Å². The van der Waals surface area contributed by atoms with Crippen LogP contribution in [0.2, 0.25) is 0 Å². The van der Waals surface area contributed by atoms with E-state index in [1.807, 2.05) is 13.1 Å². The number of aromatic nitrogens is 1. The van der Waals surface area contributed by atoms with Gasteiger partial charge in [-0.3, -0.25) is 4.98 Å². The van der Waals surface area contributed by atoms with Gasteiger partial charge in [-0.2, -0.15) is 0 Å². The second-order valence-electron chi connectivity index (χ2n) is 4.83. The van der Waals surface area contributed by atoms with Gasteiger partial charge in [0.1, 0.15) is 0 Å². The third kappa shape index (κ3) is 1.68. The topological polar surface area (TPSA) is 12.9 Å². The Labute approximate surface area is 101 Å². The van der Waals surface area contributed by atoms with Gasteiger partial charge in [-0.05, 0) is 60.7 Å². The Morgan fingerprint density at radius 3 is 2.41 bits per heavy atom. The Balaban J connectivity index is 2.47. The highest BCUT2D eigenvalue weighted by Crippen LogP contribution is 2.26. The Morgan fingerprint density at radius 1 is 0.765 bits per heavy atom. The maximum atomic E-state index is 4.36. The summed E-state index contributed by atoms with van der Waals surface area (Å²) in [5.41, 5.74) is 3.73. The Hall–Kier alpha value is -1.89. The number of aryl methyl sites for hydroxylation is 3. The van der Waals surface area contributed by atoms with E-state index in [0.717, 1.165) is 5.69 Å². The second-order valence-corrected chi connectivity index (χ2v) is 4.83. The number of rotatable bonds is 0. The SMILES string of the molecule is Cc1cc(C)c2cc3cnc(C)cc3cc2c1. The van der Waals surface area contributed by atoms with E-state index in [1.54, 1.807) is 0 Å². The summed E-state index contributed by atoms with van der Waals surface area (Å²) in [5.74, 6) is 0. The van der Waals surface area contributed by atoms with Gasteiger partial charge in [-0.15, -0.1) is 0 Å². The summed E-state index contributed by atoms with van der Waals surface area (Å²) in [7, 11) is 0. The molecule has 0 bridgehead atoms. The monoisotopic (exact) mass is 221 g/mol. The lowest BCUT2D eigenvalue weighted by Crippen LogP contribution is -1.85. The van der Waals surface area contributed by atoms with E-state index in [1.165, 1.54) is 32.7 Å². The number of hydrogen-bond donors (Lipinski definition) is 0. The van der Waals surface area contributed by atoms with Crippen LogP contribution in [-0.4, -0.2) is 4.98 Å². The molecule has 1 heteroatoms. The molecular weight excluding hydrogens is 206 g/mol. The molecule has 1 heterocycles. The predicted octanol–water partition coefficient (Wildman–Crippen LogP) is 4.31. The standard InChI is InChI=1S/C16H15N/c1-10-4-11(2)16-8-15-9-17-12(3)6-13(15)7-14(16)5-10/h4-9H,1-3H3. The number of nitrogens with zero attached hydrogens (tertiary/aromatic N) is 1. The molecule has 2 aromatic carbocycles. The van der Waals surface area contributed by atoms with Gasteiger partial charge < -0.3 is 0 Å². The van der Waals surface area contributed by atoms with Gasteiger partial charge in [0.15, 0.2) is 0 Å². The van der Waals surface area contributed by atoms with E-state index >= 15 is 0 Å². The van der Waals surface area contributed by atoms with Gasteiger partial charge in [0, 0.05) is 17.3 Å². The molecule has 0 N–H and O–H groups in total. The zero-order valence-electron chi connectivity index (χ0n) is 10.4. The maximum Gasteiger partial charge on any atom is 0.0379 e. The molecule has 1 nitrogen and oxygen atoms in total. The molecule has 0 aliphatic rings. The van der Waals surface area contributed by atoms with Crippen LogP contribution in [0.3, 0.4) is 0 Å². The Kier molecular flexibility index (Phi) is 2.15. The Bertz CT molecular complexity index is 726. The molecular formula is C16H15N. The molecule has 0 spiro atoms. The van der Waals surface area contributed by atoms with Crippen molar-refractivity contribution in [1.82, 2.24) is 4.98 Å². The molecule has 0 aliphatic heterocycles. The summed E-state index contributed by atoms with van der Waals surface area (Å²) in [6.45, 7) is 6.35. The van der Waals surface area contributed by atoms with Crippen LogP contribution in [-0.2, 0) is 0 Å². The lowest BCUT2D eigenvalue weighted by Gasteiger charge is -2.07. The average molecular weight is 221 g/mol. The lowest BCUT2D eigenvalue weighted by atomic mass is 9.99. The highest BCUT2D eigenvalue weighted by Gasteiger charge is 2.02. The molecule has 0 atom stereocenters. The van der Waals surface area contributed by atoms with Crippen molar-refractivity contribution in [3.8, 4) is 0 Å². The number of benzene rings is 2. The van der Waals surface area contributed by atoms with Gasteiger partial charge in [-0.1, -0.05) is 17.7 Å². The van der Waals surface area contributed by atoms with Crippen molar-refractivity contribution in [2.75, 3.05) is 0 Å². The summed E-state index contributed by atoms with van der Waals surface area (Å²) >= 11 is 0. The van der Waals surface area contributed by atoms with Crippen LogP contribution < -0.4 is 0 Å². The molecule has 0 unspecified atom stereocenters. The largest absolute Gasteiger partial charge is 0.261 e. The number of pyridine rings is 1. The third-order valence-electron chi connectivity index (χ3n) is 3.28. The summed E-state index contributed by atoms with van der Waals surface area (Å²) in [6.07, 6.45) is 1.96. The van der Waals surface area contributed by atoms with Crippen molar-refractivity contribution >= 4 is 21.5 Å². The van der Waals surface area contributed by atoms with Gasteiger partial charge in [0.05, 0.1) is 0 Å². The van der Waals surface area contributed by atoms with Gasteiger partial charge in [0.2, 0.25) is 0 Å². The fourth-order valence-corrected chi connectivity index (χ4v) is 2.49. The van der Waals surface area contributed by atoms with Crippen LogP contribution in [0, 0.1) is 20.8 Å². The third-order valence-corrected chi connectivity index (χ3v) is 3.28. The Morgan fingerprint density at radius 2 is 1.59 bits per heavy atom.